The molecule has 1 aliphatic rings. The van der Waals surface area contributed by atoms with E-state index in [9.17, 15) is 14.4 Å². The van der Waals surface area contributed by atoms with Crippen LogP contribution in [0.25, 0.3) is 11.0 Å². The van der Waals surface area contributed by atoms with Crippen molar-refractivity contribution in [2.75, 3.05) is 10.6 Å². The van der Waals surface area contributed by atoms with Crippen LogP contribution in [0.4, 0.5) is 11.4 Å². The van der Waals surface area contributed by atoms with Gasteiger partial charge in [0.25, 0.3) is 11.8 Å². The smallest absolute Gasteiger partial charge is 0.291 e. The maximum atomic E-state index is 12.5. The normalized spacial score (nSPS) is 15.6. The van der Waals surface area contributed by atoms with E-state index in [2.05, 4.69) is 26.6 Å². The Hall–Kier alpha value is -3.13. The Balaban J connectivity index is 1.63. The molecule has 1 aromatic heterocycles. The molecular formula is C19H13BrN2O5. The first-order valence-corrected chi connectivity index (χ1v) is 8.86. The van der Waals surface area contributed by atoms with Crippen LogP contribution < -0.4 is 20.8 Å². The Morgan fingerprint density at radius 2 is 1.96 bits per heavy atom. The van der Waals surface area contributed by atoms with E-state index < -0.39 is 12.0 Å². The molecule has 7 nitrogen and oxygen atoms in total. The summed E-state index contributed by atoms with van der Waals surface area (Å²) in [6, 6.07) is 11.0. The molecule has 0 bridgehead atoms. The van der Waals surface area contributed by atoms with E-state index in [1.807, 2.05) is 0 Å². The van der Waals surface area contributed by atoms with Gasteiger partial charge in [-0.1, -0.05) is 15.9 Å². The van der Waals surface area contributed by atoms with Gasteiger partial charge in [0.05, 0.1) is 11.1 Å². The van der Waals surface area contributed by atoms with Gasteiger partial charge in [-0.3, -0.25) is 14.4 Å². The summed E-state index contributed by atoms with van der Waals surface area (Å²) in [5.41, 5.74) is 0.880. The summed E-state index contributed by atoms with van der Waals surface area (Å²) in [7, 11) is 0. The molecule has 4 rings (SSSR count). The molecule has 3 aromatic rings. The number of carbonyl (C=O) groups excluding carboxylic acids is 2. The van der Waals surface area contributed by atoms with Crippen molar-refractivity contribution in [3.05, 3.63) is 62.9 Å². The monoisotopic (exact) mass is 428 g/mol. The lowest BCUT2D eigenvalue weighted by Gasteiger charge is -2.23. The van der Waals surface area contributed by atoms with Crippen molar-refractivity contribution in [3.8, 4) is 5.75 Å². The molecule has 0 spiro atoms. The Morgan fingerprint density at radius 3 is 2.78 bits per heavy atom. The van der Waals surface area contributed by atoms with Crippen LogP contribution in [0.2, 0.25) is 0 Å². The molecule has 0 fully saturated rings. The van der Waals surface area contributed by atoms with Crippen molar-refractivity contribution in [3.63, 3.8) is 0 Å². The Labute approximate surface area is 161 Å². The molecule has 1 aliphatic heterocycles. The summed E-state index contributed by atoms with van der Waals surface area (Å²) < 4.78 is 11.8. The van der Waals surface area contributed by atoms with Crippen LogP contribution in [-0.2, 0) is 4.79 Å². The number of anilines is 2. The Morgan fingerprint density at radius 1 is 1.15 bits per heavy atom. The van der Waals surface area contributed by atoms with E-state index in [4.69, 9.17) is 9.15 Å². The molecule has 8 heteroatoms. The third kappa shape index (κ3) is 3.31. The summed E-state index contributed by atoms with van der Waals surface area (Å²) in [6.07, 6.45) is -0.579. The highest BCUT2D eigenvalue weighted by molar-refractivity contribution is 9.10. The van der Waals surface area contributed by atoms with Crippen LogP contribution in [0, 0.1) is 0 Å². The second-order valence-electron chi connectivity index (χ2n) is 6.03. The van der Waals surface area contributed by atoms with E-state index in [1.165, 1.54) is 0 Å². The zero-order valence-electron chi connectivity index (χ0n) is 14.0. The van der Waals surface area contributed by atoms with Gasteiger partial charge in [0, 0.05) is 16.2 Å². The first-order chi connectivity index (χ1) is 12.9. The highest BCUT2D eigenvalue weighted by atomic mass is 79.9. The number of rotatable bonds is 2. The summed E-state index contributed by atoms with van der Waals surface area (Å²) in [5, 5.41) is 5.75. The van der Waals surface area contributed by atoms with Crippen LogP contribution in [0.3, 0.4) is 0 Å². The minimum atomic E-state index is -0.579. The van der Waals surface area contributed by atoms with Crippen molar-refractivity contribution >= 4 is 50.1 Å². The number of halogens is 1. The fraction of sp³-hybridized carbons (Fsp3) is 0.105. The second-order valence-corrected chi connectivity index (χ2v) is 6.95. The van der Waals surface area contributed by atoms with Gasteiger partial charge in [0.2, 0.25) is 0 Å². The number of carbonyl (C=O) groups is 2. The average molecular weight is 429 g/mol. The maximum absolute atomic E-state index is 12.5. The largest absolute Gasteiger partial charge is 0.479 e. The predicted molar refractivity (Wildman–Crippen MR) is 103 cm³/mol. The molecule has 0 saturated carbocycles. The molecule has 2 aromatic carbocycles. The third-order valence-corrected chi connectivity index (χ3v) is 4.58. The summed E-state index contributed by atoms with van der Waals surface area (Å²) >= 11 is 3.31. The molecule has 0 saturated heterocycles. The van der Waals surface area contributed by atoms with Gasteiger partial charge in [-0.25, -0.2) is 0 Å². The van der Waals surface area contributed by atoms with Crippen LogP contribution in [0.15, 0.2) is 56.1 Å². The lowest BCUT2D eigenvalue weighted by atomic mass is 10.2. The molecular weight excluding hydrogens is 416 g/mol. The highest BCUT2D eigenvalue weighted by Gasteiger charge is 2.24. The van der Waals surface area contributed by atoms with Gasteiger partial charge < -0.3 is 19.8 Å². The van der Waals surface area contributed by atoms with Crippen LogP contribution >= 0.6 is 15.9 Å². The third-order valence-electron chi connectivity index (χ3n) is 4.08. The summed E-state index contributed by atoms with van der Waals surface area (Å²) in [6.45, 7) is 1.65. The number of hydrogen-bond donors (Lipinski definition) is 2. The topological polar surface area (TPSA) is 97.6 Å². The summed E-state index contributed by atoms with van der Waals surface area (Å²) in [5.74, 6) is -0.443. The number of hydrogen-bond acceptors (Lipinski definition) is 5. The second kappa shape index (κ2) is 6.55. The number of benzene rings is 2. The fourth-order valence-corrected chi connectivity index (χ4v) is 3.06. The number of fused-ring (bicyclic) bond motifs is 2. The highest BCUT2D eigenvalue weighted by Crippen LogP contribution is 2.32. The van der Waals surface area contributed by atoms with Gasteiger partial charge >= 0.3 is 0 Å². The van der Waals surface area contributed by atoms with Gasteiger partial charge in [-0.05, 0) is 43.3 Å². The van der Waals surface area contributed by atoms with Gasteiger partial charge in [-0.2, -0.15) is 0 Å². The van der Waals surface area contributed by atoms with Crippen molar-refractivity contribution < 1.29 is 18.7 Å². The first-order valence-electron chi connectivity index (χ1n) is 8.07. The fourth-order valence-electron chi connectivity index (χ4n) is 2.72. The zero-order valence-corrected chi connectivity index (χ0v) is 15.6. The molecule has 2 N–H and O–H groups in total. The quantitative estimate of drug-likeness (QED) is 0.650. The van der Waals surface area contributed by atoms with Gasteiger partial charge in [0.15, 0.2) is 17.3 Å². The number of amides is 2. The first kappa shape index (κ1) is 17.3. The predicted octanol–water partition coefficient (Wildman–Crippen LogP) is 3.53. The lowest BCUT2D eigenvalue weighted by Crippen LogP contribution is -2.34. The zero-order chi connectivity index (χ0) is 19.1. The standard InChI is InChI=1S/C19H13BrN2O5/c1-9-18(24)22-13-7-11(3-5-15(13)26-9)21-19(25)17-8-14(23)12-4-2-10(20)6-16(12)27-17/h2-9H,1H3,(H,21,25)(H,22,24)/t9-/m1/s1. The minimum Gasteiger partial charge on any atom is -0.479 e. The van der Waals surface area contributed by atoms with Gasteiger partial charge in [0.1, 0.15) is 11.3 Å². The SMILES string of the molecule is C[C@H]1Oc2ccc(NC(=O)c3cc(=O)c4ccc(Br)cc4o3)cc2NC1=O. The Kier molecular flexibility index (Phi) is 4.19. The molecule has 0 aliphatic carbocycles. The minimum absolute atomic E-state index is 0.114. The molecule has 2 heterocycles. The van der Waals surface area contributed by atoms with Crippen LogP contribution in [0.5, 0.6) is 5.75 Å². The maximum Gasteiger partial charge on any atom is 0.291 e. The molecule has 2 amide bonds. The number of nitrogens with one attached hydrogen (secondary N) is 2. The van der Waals surface area contributed by atoms with Gasteiger partial charge in [-0.15, -0.1) is 0 Å². The lowest BCUT2D eigenvalue weighted by molar-refractivity contribution is -0.122. The van der Waals surface area contributed by atoms with E-state index >= 15 is 0 Å². The summed E-state index contributed by atoms with van der Waals surface area (Å²) in [4.78, 5) is 36.4. The average Bonchev–Trinajstić information content (AvgIpc) is 2.62. The van der Waals surface area contributed by atoms with Crippen molar-refractivity contribution in [2.45, 2.75) is 13.0 Å². The molecule has 0 radical (unpaired) electrons. The van der Waals surface area contributed by atoms with E-state index in [0.717, 1.165) is 10.5 Å². The Bertz CT molecular complexity index is 1150. The van der Waals surface area contributed by atoms with E-state index in [1.54, 1.807) is 43.3 Å². The molecule has 0 unspecified atom stereocenters. The van der Waals surface area contributed by atoms with Crippen molar-refractivity contribution in [2.24, 2.45) is 0 Å². The van der Waals surface area contributed by atoms with E-state index in [0.29, 0.717) is 28.1 Å². The molecule has 27 heavy (non-hydrogen) atoms. The van der Waals surface area contributed by atoms with Crippen molar-refractivity contribution in [1.82, 2.24) is 0 Å². The van der Waals surface area contributed by atoms with Crippen molar-refractivity contribution in [1.29, 1.82) is 0 Å². The molecule has 1 atom stereocenters. The number of ether oxygens (including phenoxy) is 1. The van der Waals surface area contributed by atoms with Crippen LogP contribution in [0.1, 0.15) is 17.5 Å². The van der Waals surface area contributed by atoms with Crippen LogP contribution in [-0.4, -0.2) is 17.9 Å². The van der Waals surface area contributed by atoms with E-state index in [-0.39, 0.29) is 17.1 Å². The molecule has 136 valence electrons.